The summed E-state index contributed by atoms with van der Waals surface area (Å²) < 4.78 is 32.9. The largest absolute Gasteiger partial charge is 0.411 e. The lowest BCUT2D eigenvalue weighted by atomic mass is 10.2. The third-order valence-corrected chi connectivity index (χ3v) is 7.38. The number of amides is 3. The minimum Gasteiger partial charge on any atom is -0.411 e. The number of aromatic nitrogens is 2. The highest BCUT2D eigenvalue weighted by molar-refractivity contribution is 8.00. The zero-order valence-electron chi connectivity index (χ0n) is 16.6. The Bertz CT molecular complexity index is 1020. The van der Waals surface area contributed by atoms with Gasteiger partial charge in [-0.05, 0) is 38.0 Å². The van der Waals surface area contributed by atoms with Crippen LogP contribution in [0.25, 0.3) is 11.5 Å². The molecule has 1 atom stereocenters. The first-order valence-electron chi connectivity index (χ1n) is 9.44. The molecular weight excluding hydrogens is 430 g/mol. The summed E-state index contributed by atoms with van der Waals surface area (Å²) in [6.45, 7) is 2.63. The summed E-state index contributed by atoms with van der Waals surface area (Å²) in [5, 5.41) is 11.8. The van der Waals surface area contributed by atoms with Crippen LogP contribution in [-0.4, -0.2) is 60.2 Å². The molecule has 0 saturated carbocycles. The number of benzene rings is 1. The Morgan fingerprint density at radius 1 is 1.20 bits per heavy atom. The maximum absolute atomic E-state index is 12.9. The van der Waals surface area contributed by atoms with Crippen LogP contribution < -0.4 is 10.6 Å². The number of hydrogen-bond donors (Lipinski definition) is 2. The molecule has 0 spiro atoms. The quantitative estimate of drug-likeness (QED) is 0.633. The standard InChI is InChI=1S/C18H23N5O5S2/c1-12(15(24)20-17(25)19-2)29-18-22-21-16(28-18)13-7-6-8-14(11-13)30(26,27)23-9-4-3-5-10-23/h6-8,11-12H,3-5,9-10H2,1-2H3,(H2,19,20,24,25). The highest BCUT2D eigenvalue weighted by Crippen LogP contribution is 2.28. The van der Waals surface area contributed by atoms with Crippen LogP contribution in [0.2, 0.25) is 0 Å². The number of nitrogens with one attached hydrogen (secondary N) is 2. The number of piperidine rings is 1. The van der Waals surface area contributed by atoms with Gasteiger partial charge in [0.2, 0.25) is 21.8 Å². The molecule has 2 aromatic rings. The molecular formula is C18H23N5O5S2. The molecule has 1 aliphatic rings. The number of sulfonamides is 1. The zero-order valence-corrected chi connectivity index (χ0v) is 18.3. The van der Waals surface area contributed by atoms with Gasteiger partial charge in [0.05, 0.1) is 10.1 Å². The summed E-state index contributed by atoms with van der Waals surface area (Å²) in [7, 11) is -2.18. The fraction of sp³-hybridized carbons (Fsp3) is 0.444. The highest BCUT2D eigenvalue weighted by Gasteiger charge is 2.27. The van der Waals surface area contributed by atoms with Gasteiger partial charge in [0.25, 0.3) is 5.22 Å². The Balaban J connectivity index is 1.73. The maximum atomic E-state index is 12.9. The second-order valence-corrected chi connectivity index (χ2v) is 9.92. The average molecular weight is 454 g/mol. The summed E-state index contributed by atoms with van der Waals surface area (Å²) in [4.78, 5) is 23.4. The van der Waals surface area contributed by atoms with Crippen molar-refractivity contribution in [3.63, 3.8) is 0 Å². The molecule has 1 unspecified atom stereocenters. The fourth-order valence-electron chi connectivity index (χ4n) is 2.90. The van der Waals surface area contributed by atoms with E-state index in [1.54, 1.807) is 25.1 Å². The van der Waals surface area contributed by atoms with Gasteiger partial charge in [-0.25, -0.2) is 13.2 Å². The van der Waals surface area contributed by atoms with E-state index >= 15 is 0 Å². The first-order valence-corrected chi connectivity index (χ1v) is 11.8. The molecule has 3 rings (SSSR count). The van der Waals surface area contributed by atoms with Gasteiger partial charge < -0.3 is 9.73 Å². The topological polar surface area (TPSA) is 134 Å². The summed E-state index contributed by atoms with van der Waals surface area (Å²) in [6.07, 6.45) is 2.75. The number of imide groups is 1. The van der Waals surface area contributed by atoms with Crippen LogP contribution in [0.15, 0.2) is 38.8 Å². The van der Waals surface area contributed by atoms with E-state index in [9.17, 15) is 18.0 Å². The van der Waals surface area contributed by atoms with Crippen LogP contribution in [-0.2, 0) is 14.8 Å². The Kier molecular flexibility index (Phi) is 7.10. The van der Waals surface area contributed by atoms with Crippen molar-refractivity contribution in [3.8, 4) is 11.5 Å². The molecule has 2 heterocycles. The van der Waals surface area contributed by atoms with Gasteiger partial charge in [0, 0.05) is 25.7 Å². The number of carbonyl (C=O) groups excluding carboxylic acids is 2. The lowest BCUT2D eigenvalue weighted by molar-refractivity contribution is -0.119. The smallest absolute Gasteiger partial charge is 0.321 e. The Labute approximate surface area is 178 Å². The summed E-state index contributed by atoms with van der Waals surface area (Å²) in [5.74, 6) is -0.360. The van der Waals surface area contributed by atoms with Crippen LogP contribution in [0.1, 0.15) is 26.2 Å². The molecule has 1 saturated heterocycles. The molecule has 162 valence electrons. The zero-order chi connectivity index (χ0) is 21.7. The molecule has 0 bridgehead atoms. The Hall–Kier alpha value is -2.44. The lowest BCUT2D eigenvalue weighted by Gasteiger charge is -2.25. The first kappa shape index (κ1) is 22.2. The predicted octanol–water partition coefficient (Wildman–Crippen LogP) is 1.85. The van der Waals surface area contributed by atoms with Gasteiger partial charge in [-0.1, -0.05) is 24.2 Å². The van der Waals surface area contributed by atoms with Gasteiger partial charge in [-0.15, -0.1) is 10.2 Å². The monoisotopic (exact) mass is 453 g/mol. The van der Waals surface area contributed by atoms with E-state index in [4.69, 9.17) is 4.42 Å². The van der Waals surface area contributed by atoms with Crippen molar-refractivity contribution in [2.24, 2.45) is 0 Å². The van der Waals surface area contributed by atoms with Gasteiger partial charge in [-0.2, -0.15) is 4.31 Å². The average Bonchev–Trinajstić information content (AvgIpc) is 3.22. The first-order chi connectivity index (χ1) is 14.3. The molecule has 3 amide bonds. The van der Waals surface area contributed by atoms with Crippen molar-refractivity contribution in [1.82, 2.24) is 25.1 Å². The molecule has 2 N–H and O–H groups in total. The molecule has 1 fully saturated rings. The minimum atomic E-state index is -3.58. The molecule has 1 aromatic heterocycles. The van der Waals surface area contributed by atoms with Crippen molar-refractivity contribution < 1.29 is 22.4 Å². The number of carbonyl (C=O) groups is 2. The predicted molar refractivity (Wildman–Crippen MR) is 110 cm³/mol. The maximum Gasteiger partial charge on any atom is 0.321 e. The summed E-state index contributed by atoms with van der Waals surface area (Å²) in [5.41, 5.74) is 0.467. The van der Waals surface area contributed by atoms with Crippen molar-refractivity contribution in [2.75, 3.05) is 20.1 Å². The van der Waals surface area contributed by atoms with E-state index in [-0.39, 0.29) is 16.0 Å². The Morgan fingerprint density at radius 3 is 2.63 bits per heavy atom. The highest BCUT2D eigenvalue weighted by atomic mass is 32.2. The van der Waals surface area contributed by atoms with Crippen LogP contribution in [0.4, 0.5) is 4.79 Å². The van der Waals surface area contributed by atoms with E-state index in [2.05, 4.69) is 20.8 Å². The SMILES string of the molecule is CNC(=O)NC(=O)C(C)Sc1nnc(-c2cccc(S(=O)(=O)N3CCCCC3)c2)o1. The summed E-state index contributed by atoms with van der Waals surface area (Å²) >= 11 is 0.993. The summed E-state index contributed by atoms with van der Waals surface area (Å²) in [6, 6.07) is 5.75. The van der Waals surface area contributed by atoms with Crippen molar-refractivity contribution in [3.05, 3.63) is 24.3 Å². The van der Waals surface area contributed by atoms with Crippen LogP contribution in [0.5, 0.6) is 0 Å². The van der Waals surface area contributed by atoms with E-state index in [0.29, 0.717) is 18.7 Å². The number of rotatable bonds is 6. The van der Waals surface area contributed by atoms with Gasteiger partial charge in [-0.3, -0.25) is 10.1 Å². The van der Waals surface area contributed by atoms with Crippen molar-refractivity contribution in [1.29, 1.82) is 0 Å². The minimum absolute atomic E-state index is 0.133. The molecule has 30 heavy (non-hydrogen) atoms. The molecule has 0 radical (unpaired) electrons. The van der Waals surface area contributed by atoms with E-state index in [1.807, 2.05) is 0 Å². The second kappa shape index (κ2) is 9.58. The molecule has 1 aliphatic heterocycles. The second-order valence-electron chi connectivity index (χ2n) is 6.69. The fourth-order valence-corrected chi connectivity index (χ4v) is 5.15. The van der Waals surface area contributed by atoms with Gasteiger partial charge in [0.1, 0.15) is 0 Å². The van der Waals surface area contributed by atoms with Crippen molar-refractivity contribution in [2.45, 2.75) is 41.6 Å². The molecule has 0 aliphatic carbocycles. The van der Waals surface area contributed by atoms with E-state index < -0.39 is 27.2 Å². The number of nitrogens with zero attached hydrogens (tertiary/aromatic N) is 3. The van der Waals surface area contributed by atoms with Crippen LogP contribution >= 0.6 is 11.8 Å². The van der Waals surface area contributed by atoms with Gasteiger partial charge >= 0.3 is 6.03 Å². The van der Waals surface area contributed by atoms with Crippen molar-refractivity contribution >= 4 is 33.7 Å². The van der Waals surface area contributed by atoms with Crippen LogP contribution in [0, 0.1) is 0 Å². The van der Waals surface area contributed by atoms with Gasteiger partial charge in [0.15, 0.2) is 0 Å². The molecule has 1 aromatic carbocycles. The third kappa shape index (κ3) is 5.18. The normalized spacial score (nSPS) is 16.1. The third-order valence-electron chi connectivity index (χ3n) is 4.55. The molecule has 10 nitrogen and oxygen atoms in total. The van der Waals surface area contributed by atoms with E-state index in [1.165, 1.54) is 17.4 Å². The Morgan fingerprint density at radius 2 is 1.93 bits per heavy atom. The number of urea groups is 1. The lowest BCUT2D eigenvalue weighted by Crippen LogP contribution is -2.41. The molecule has 12 heteroatoms. The van der Waals surface area contributed by atoms with Crippen LogP contribution in [0.3, 0.4) is 0 Å². The number of thioether (sulfide) groups is 1. The number of hydrogen-bond acceptors (Lipinski definition) is 8. The van der Waals surface area contributed by atoms with E-state index in [0.717, 1.165) is 31.0 Å².